The monoisotopic (exact) mass is 262 g/mol. The van der Waals surface area contributed by atoms with Gasteiger partial charge in [-0.15, -0.1) is 5.10 Å². The molecule has 4 N–H and O–H groups in total. The van der Waals surface area contributed by atoms with Crippen molar-refractivity contribution >= 4 is 11.5 Å². The molecule has 2 atom stereocenters. The number of nitrogens with two attached hydrogens (primary N) is 1. The fourth-order valence-corrected chi connectivity index (χ4v) is 2.62. The summed E-state index contributed by atoms with van der Waals surface area (Å²) in [7, 11) is 0. The molecule has 19 heavy (non-hydrogen) atoms. The van der Waals surface area contributed by atoms with Gasteiger partial charge in [0.05, 0.1) is 0 Å². The Morgan fingerprint density at radius 2 is 2.26 bits per heavy atom. The molecule has 0 bridgehead atoms. The highest BCUT2D eigenvalue weighted by molar-refractivity contribution is 5.42. The number of rotatable bonds is 3. The van der Waals surface area contributed by atoms with Gasteiger partial charge in [0.15, 0.2) is 5.65 Å². The lowest BCUT2D eigenvalue weighted by Crippen LogP contribution is -2.37. The first-order valence-corrected chi connectivity index (χ1v) is 6.68. The Kier molecular flexibility index (Phi) is 3.20. The summed E-state index contributed by atoms with van der Waals surface area (Å²) in [6.07, 6.45) is 4.72. The first-order valence-electron chi connectivity index (χ1n) is 6.68. The summed E-state index contributed by atoms with van der Waals surface area (Å²) < 4.78 is 1.25. The van der Waals surface area contributed by atoms with Crippen molar-refractivity contribution in [2.24, 2.45) is 11.7 Å². The van der Waals surface area contributed by atoms with Gasteiger partial charge < -0.3 is 11.1 Å². The molecule has 1 fully saturated rings. The molecule has 1 saturated carbocycles. The van der Waals surface area contributed by atoms with E-state index in [2.05, 4.69) is 20.6 Å². The Bertz CT molecular complexity index is 618. The predicted octanol–water partition coefficient (Wildman–Crippen LogP) is 0.347. The van der Waals surface area contributed by atoms with Gasteiger partial charge >= 0.3 is 5.69 Å². The van der Waals surface area contributed by atoms with Crippen LogP contribution in [0.25, 0.3) is 5.65 Å². The van der Waals surface area contributed by atoms with Crippen molar-refractivity contribution in [3.8, 4) is 0 Å². The second-order valence-corrected chi connectivity index (χ2v) is 5.11. The Balaban J connectivity index is 1.71. The van der Waals surface area contributed by atoms with E-state index in [1.807, 2.05) is 6.07 Å². The SMILES string of the molecule is NC1CCCCC1CNc1ccc2n[nH]c(=O)n2n1. The lowest BCUT2D eigenvalue weighted by atomic mass is 9.85. The zero-order valence-electron chi connectivity index (χ0n) is 10.7. The molecule has 0 saturated heterocycles. The molecule has 3 rings (SSSR count). The molecule has 2 aromatic heterocycles. The highest BCUT2D eigenvalue weighted by Crippen LogP contribution is 2.23. The van der Waals surface area contributed by atoms with Crippen LogP contribution in [0.5, 0.6) is 0 Å². The summed E-state index contributed by atoms with van der Waals surface area (Å²) in [5.41, 5.74) is 6.30. The molecule has 102 valence electrons. The van der Waals surface area contributed by atoms with Crippen LogP contribution < -0.4 is 16.7 Å². The van der Waals surface area contributed by atoms with Crippen LogP contribution in [0.1, 0.15) is 25.7 Å². The van der Waals surface area contributed by atoms with Crippen LogP contribution >= 0.6 is 0 Å². The predicted molar refractivity (Wildman–Crippen MR) is 72.0 cm³/mol. The molecule has 0 radical (unpaired) electrons. The third-order valence-electron chi connectivity index (χ3n) is 3.79. The van der Waals surface area contributed by atoms with Gasteiger partial charge in [0.1, 0.15) is 5.82 Å². The maximum absolute atomic E-state index is 11.4. The Morgan fingerprint density at radius 3 is 3.11 bits per heavy atom. The molecule has 1 aliphatic carbocycles. The minimum absolute atomic E-state index is 0.265. The minimum Gasteiger partial charge on any atom is -0.368 e. The zero-order chi connectivity index (χ0) is 13.2. The van der Waals surface area contributed by atoms with Gasteiger partial charge in [-0.05, 0) is 30.9 Å². The number of nitrogens with one attached hydrogen (secondary N) is 2. The molecule has 2 unspecified atom stereocenters. The molecular weight excluding hydrogens is 244 g/mol. The maximum Gasteiger partial charge on any atom is 0.364 e. The standard InChI is InChI=1S/C12H18N6O/c13-9-4-2-1-3-8(9)7-14-10-5-6-11-15-16-12(19)18(11)17-10/h5-6,8-9H,1-4,7,13H2,(H,14,17)(H,16,19). The van der Waals surface area contributed by atoms with Crippen molar-refractivity contribution in [2.45, 2.75) is 31.7 Å². The Hall–Kier alpha value is -1.89. The molecule has 1 aliphatic rings. The van der Waals surface area contributed by atoms with Crippen LogP contribution in [0.15, 0.2) is 16.9 Å². The number of H-pyrrole nitrogens is 1. The summed E-state index contributed by atoms with van der Waals surface area (Å²) in [4.78, 5) is 11.4. The summed E-state index contributed by atoms with van der Waals surface area (Å²) >= 11 is 0. The van der Waals surface area contributed by atoms with Crippen molar-refractivity contribution in [1.82, 2.24) is 19.8 Å². The quantitative estimate of drug-likeness (QED) is 0.740. The number of aromatic amines is 1. The van der Waals surface area contributed by atoms with Crippen molar-refractivity contribution in [3.63, 3.8) is 0 Å². The summed E-state index contributed by atoms with van der Waals surface area (Å²) in [6, 6.07) is 3.85. The van der Waals surface area contributed by atoms with Crippen LogP contribution in [-0.4, -0.2) is 32.4 Å². The molecular formula is C12H18N6O. The first-order chi connectivity index (χ1) is 9.24. The normalized spacial score (nSPS) is 23.6. The minimum atomic E-state index is -0.326. The van der Waals surface area contributed by atoms with Crippen molar-refractivity contribution < 1.29 is 0 Å². The average Bonchev–Trinajstić information content (AvgIpc) is 2.79. The second kappa shape index (κ2) is 5.00. The maximum atomic E-state index is 11.4. The molecule has 0 aliphatic heterocycles. The van der Waals surface area contributed by atoms with E-state index in [9.17, 15) is 4.79 Å². The molecule has 0 amide bonds. The van der Waals surface area contributed by atoms with E-state index in [0.29, 0.717) is 17.4 Å². The van der Waals surface area contributed by atoms with Gasteiger partial charge in [-0.3, -0.25) is 0 Å². The van der Waals surface area contributed by atoms with Gasteiger partial charge in [0.25, 0.3) is 0 Å². The van der Waals surface area contributed by atoms with E-state index in [-0.39, 0.29) is 11.7 Å². The third kappa shape index (κ3) is 2.46. The third-order valence-corrected chi connectivity index (χ3v) is 3.79. The molecule has 7 heteroatoms. The number of hydrogen-bond donors (Lipinski definition) is 3. The first kappa shape index (κ1) is 12.2. The van der Waals surface area contributed by atoms with Crippen LogP contribution in [0.3, 0.4) is 0 Å². The highest BCUT2D eigenvalue weighted by atomic mass is 16.2. The zero-order valence-corrected chi connectivity index (χ0v) is 10.7. The Morgan fingerprint density at radius 1 is 1.42 bits per heavy atom. The summed E-state index contributed by atoms with van der Waals surface area (Å²) in [5, 5.41) is 13.7. The van der Waals surface area contributed by atoms with E-state index < -0.39 is 0 Å². The second-order valence-electron chi connectivity index (χ2n) is 5.11. The number of anilines is 1. The van der Waals surface area contributed by atoms with Crippen molar-refractivity contribution in [1.29, 1.82) is 0 Å². The van der Waals surface area contributed by atoms with Gasteiger partial charge in [-0.25, -0.2) is 9.89 Å². The highest BCUT2D eigenvalue weighted by Gasteiger charge is 2.21. The van der Waals surface area contributed by atoms with E-state index in [4.69, 9.17) is 5.73 Å². The van der Waals surface area contributed by atoms with Gasteiger partial charge in [-0.2, -0.15) is 9.61 Å². The Labute approximate surface area is 110 Å². The van der Waals surface area contributed by atoms with Gasteiger partial charge in [0, 0.05) is 12.6 Å². The number of aromatic nitrogens is 4. The fraction of sp³-hybridized carbons (Fsp3) is 0.583. The average molecular weight is 262 g/mol. The number of fused-ring (bicyclic) bond motifs is 1. The molecule has 7 nitrogen and oxygen atoms in total. The van der Waals surface area contributed by atoms with Crippen LogP contribution in [0.4, 0.5) is 5.82 Å². The van der Waals surface area contributed by atoms with Gasteiger partial charge in [-0.1, -0.05) is 12.8 Å². The van der Waals surface area contributed by atoms with E-state index in [0.717, 1.165) is 19.4 Å². The molecule has 0 aromatic carbocycles. The van der Waals surface area contributed by atoms with Gasteiger partial charge in [0.2, 0.25) is 0 Å². The van der Waals surface area contributed by atoms with E-state index in [1.165, 1.54) is 17.4 Å². The topological polar surface area (TPSA) is 101 Å². The largest absolute Gasteiger partial charge is 0.368 e. The van der Waals surface area contributed by atoms with E-state index in [1.54, 1.807) is 6.07 Å². The van der Waals surface area contributed by atoms with Crippen molar-refractivity contribution in [3.05, 3.63) is 22.6 Å². The van der Waals surface area contributed by atoms with Crippen LogP contribution in [-0.2, 0) is 0 Å². The smallest absolute Gasteiger partial charge is 0.364 e. The van der Waals surface area contributed by atoms with Crippen molar-refractivity contribution in [2.75, 3.05) is 11.9 Å². The lowest BCUT2D eigenvalue weighted by Gasteiger charge is -2.28. The summed E-state index contributed by atoms with van der Waals surface area (Å²) in [5.74, 6) is 1.15. The van der Waals surface area contributed by atoms with Crippen LogP contribution in [0, 0.1) is 5.92 Å². The summed E-state index contributed by atoms with van der Waals surface area (Å²) in [6.45, 7) is 0.798. The lowest BCUT2D eigenvalue weighted by molar-refractivity contribution is 0.321. The van der Waals surface area contributed by atoms with E-state index >= 15 is 0 Å². The number of nitrogens with zero attached hydrogens (tertiary/aromatic N) is 3. The molecule has 2 aromatic rings. The molecule has 0 spiro atoms. The van der Waals surface area contributed by atoms with Crippen LogP contribution in [0.2, 0.25) is 0 Å². The molecule has 2 heterocycles. The fourth-order valence-electron chi connectivity index (χ4n) is 2.62. The number of hydrogen-bond acceptors (Lipinski definition) is 5.